The first-order chi connectivity index (χ1) is 10.5. The number of carbonyl (C=O) groups excluding carboxylic acids is 2. The van der Waals surface area contributed by atoms with Gasteiger partial charge in [-0.3, -0.25) is 4.79 Å². The van der Waals surface area contributed by atoms with Crippen molar-refractivity contribution in [3.8, 4) is 0 Å². The van der Waals surface area contributed by atoms with Gasteiger partial charge >= 0.3 is 6.03 Å². The zero-order valence-corrected chi connectivity index (χ0v) is 13.4. The van der Waals surface area contributed by atoms with E-state index >= 15 is 0 Å². The maximum Gasteiger partial charge on any atom is 0.312 e. The van der Waals surface area contributed by atoms with Crippen molar-refractivity contribution in [1.29, 1.82) is 0 Å². The molecule has 4 fully saturated rings. The molecule has 4 rings (SSSR count). The molecule has 0 aromatic carbocycles. The van der Waals surface area contributed by atoms with Crippen LogP contribution in [0.15, 0.2) is 0 Å². The molecule has 4 saturated carbocycles. The highest BCUT2D eigenvalue weighted by Crippen LogP contribution is 2.59. The van der Waals surface area contributed by atoms with Gasteiger partial charge in [-0.15, -0.1) is 0 Å². The van der Waals surface area contributed by atoms with Gasteiger partial charge in [0.2, 0.25) is 5.91 Å². The first-order valence-electron chi connectivity index (χ1n) is 8.85. The molecule has 4 aliphatic carbocycles. The van der Waals surface area contributed by atoms with Gasteiger partial charge in [-0.1, -0.05) is 0 Å². The zero-order valence-electron chi connectivity index (χ0n) is 13.4. The van der Waals surface area contributed by atoms with Crippen LogP contribution < -0.4 is 16.4 Å². The molecule has 0 aliphatic heterocycles. The lowest BCUT2D eigenvalue weighted by molar-refractivity contribution is -0.123. The smallest absolute Gasteiger partial charge is 0.312 e. The van der Waals surface area contributed by atoms with Gasteiger partial charge in [0, 0.05) is 19.5 Å². The van der Waals surface area contributed by atoms with Crippen LogP contribution in [0.4, 0.5) is 4.79 Å². The molecule has 0 atom stereocenters. The number of primary amides is 1. The first kappa shape index (κ1) is 15.6. The van der Waals surface area contributed by atoms with Crippen LogP contribution >= 0.6 is 0 Å². The molecule has 0 spiro atoms. The van der Waals surface area contributed by atoms with Crippen LogP contribution in [0.3, 0.4) is 0 Å². The number of carbonyl (C=O) groups is 2. The van der Waals surface area contributed by atoms with Crippen LogP contribution in [-0.2, 0) is 4.79 Å². The molecule has 4 N–H and O–H groups in total. The van der Waals surface area contributed by atoms with E-state index in [1.807, 2.05) is 0 Å². The number of hydrogen-bond donors (Lipinski definition) is 3. The standard InChI is InChI=1S/C17H29N3O2/c18-16(22)19-4-2-1-3-15(21)20-11-17-8-12-5-13(9-17)7-14(6-12)10-17/h12-14H,1-11H2,(H,20,21)(H3,18,19,22). The van der Waals surface area contributed by atoms with Crippen LogP contribution in [0.25, 0.3) is 0 Å². The SMILES string of the molecule is NC(=O)NCCCCC(=O)NCC12CC3CC(CC(C3)C1)C2. The Hall–Kier alpha value is -1.26. The minimum Gasteiger partial charge on any atom is -0.356 e. The van der Waals surface area contributed by atoms with Crippen molar-refractivity contribution in [2.24, 2.45) is 28.9 Å². The first-order valence-corrected chi connectivity index (χ1v) is 8.85. The van der Waals surface area contributed by atoms with E-state index in [0.29, 0.717) is 18.4 Å². The number of unbranched alkanes of at least 4 members (excludes halogenated alkanes) is 1. The van der Waals surface area contributed by atoms with Crippen molar-refractivity contribution in [3.63, 3.8) is 0 Å². The Labute approximate surface area is 132 Å². The predicted octanol–water partition coefficient (Wildman–Crippen LogP) is 2.16. The number of urea groups is 1. The lowest BCUT2D eigenvalue weighted by atomic mass is 9.49. The summed E-state index contributed by atoms with van der Waals surface area (Å²) in [5.74, 6) is 2.96. The number of rotatable bonds is 7. The van der Waals surface area contributed by atoms with E-state index in [1.54, 1.807) is 0 Å². The van der Waals surface area contributed by atoms with Gasteiger partial charge in [-0.2, -0.15) is 0 Å². The summed E-state index contributed by atoms with van der Waals surface area (Å²) in [5, 5.41) is 5.74. The highest BCUT2D eigenvalue weighted by Gasteiger charge is 2.50. The number of nitrogens with one attached hydrogen (secondary N) is 2. The normalized spacial score (nSPS) is 35.4. The third-order valence-corrected chi connectivity index (χ3v) is 5.96. The van der Waals surface area contributed by atoms with Crippen LogP contribution in [0, 0.1) is 23.2 Å². The molecular weight excluding hydrogens is 278 g/mol. The molecule has 5 nitrogen and oxygen atoms in total. The number of amides is 3. The van der Waals surface area contributed by atoms with Gasteiger partial charge in [0.1, 0.15) is 0 Å². The van der Waals surface area contributed by atoms with Gasteiger partial charge in [0.25, 0.3) is 0 Å². The van der Waals surface area contributed by atoms with Gasteiger partial charge in [-0.25, -0.2) is 4.79 Å². The van der Waals surface area contributed by atoms with Crippen LogP contribution in [0.2, 0.25) is 0 Å². The molecule has 124 valence electrons. The fourth-order valence-electron chi connectivity index (χ4n) is 5.50. The molecule has 4 bridgehead atoms. The summed E-state index contributed by atoms with van der Waals surface area (Å²) < 4.78 is 0. The van der Waals surface area contributed by atoms with Crippen LogP contribution in [0.5, 0.6) is 0 Å². The van der Waals surface area contributed by atoms with Crippen molar-refractivity contribution in [3.05, 3.63) is 0 Å². The highest BCUT2D eigenvalue weighted by atomic mass is 16.2. The summed E-state index contributed by atoms with van der Waals surface area (Å²) >= 11 is 0. The maximum atomic E-state index is 12.0. The van der Waals surface area contributed by atoms with Crippen molar-refractivity contribution < 1.29 is 9.59 Å². The minimum atomic E-state index is -0.494. The van der Waals surface area contributed by atoms with Gasteiger partial charge in [0.15, 0.2) is 0 Å². The monoisotopic (exact) mass is 307 g/mol. The molecule has 4 aliphatic rings. The molecule has 5 heteroatoms. The Morgan fingerprint density at radius 1 is 0.955 bits per heavy atom. The summed E-state index contributed by atoms with van der Waals surface area (Å²) in [6.45, 7) is 1.44. The van der Waals surface area contributed by atoms with Gasteiger partial charge < -0.3 is 16.4 Å². The average molecular weight is 307 g/mol. The third kappa shape index (κ3) is 3.73. The van der Waals surface area contributed by atoms with E-state index in [2.05, 4.69) is 10.6 Å². The fourth-order valence-corrected chi connectivity index (χ4v) is 5.50. The second-order valence-corrected chi connectivity index (χ2v) is 7.94. The van der Waals surface area contributed by atoms with Crippen LogP contribution in [-0.4, -0.2) is 25.0 Å². The molecule has 22 heavy (non-hydrogen) atoms. The summed E-state index contributed by atoms with van der Waals surface area (Å²) in [6, 6.07) is -0.494. The third-order valence-electron chi connectivity index (χ3n) is 5.96. The lowest BCUT2D eigenvalue weighted by Gasteiger charge is -2.56. The van der Waals surface area contributed by atoms with E-state index in [1.165, 1.54) is 38.5 Å². The number of hydrogen-bond acceptors (Lipinski definition) is 2. The maximum absolute atomic E-state index is 12.0. The molecule has 0 saturated heterocycles. The molecule has 0 aromatic rings. The Morgan fingerprint density at radius 2 is 1.55 bits per heavy atom. The number of nitrogens with two attached hydrogens (primary N) is 1. The Morgan fingerprint density at radius 3 is 2.09 bits per heavy atom. The molecule has 3 amide bonds. The van der Waals surface area contributed by atoms with Crippen molar-refractivity contribution >= 4 is 11.9 Å². The molecule has 0 aromatic heterocycles. The van der Waals surface area contributed by atoms with E-state index in [0.717, 1.165) is 37.1 Å². The molecule has 0 heterocycles. The largest absolute Gasteiger partial charge is 0.356 e. The molecule has 0 unspecified atom stereocenters. The zero-order chi connectivity index (χ0) is 15.6. The summed E-state index contributed by atoms with van der Waals surface area (Å²) in [4.78, 5) is 22.5. The van der Waals surface area contributed by atoms with E-state index in [4.69, 9.17) is 5.73 Å². The Kier molecular flexibility index (Phi) is 4.59. The highest BCUT2D eigenvalue weighted by molar-refractivity contribution is 5.75. The summed E-state index contributed by atoms with van der Waals surface area (Å²) in [7, 11) is 0. The van der Waals surface area contributed by atoms with Gasteiger partial charge in [-0.05, 0) is 74.5 Å². The van der Waals surface area contributed by atoms with E-state index in [9.17, 15) is 9.59 Å². The van der Waals surface area contributed by atoms with E-state index < -0.39 is 6.03 Å². The quantitative estimate of drug-likeness (QED) is 0.630. The van der Waals surface area contributed by atoms with Crippen LogP contribution in [0.1, 0.15) is 57.8 Å². The second-order valence-electron chi connectivity index (χ2n) is 7.94. The predicted molar refractivity (Wildman–Crippen MR) is 85.1 cm³/mol. The summed E-state index contributed by atoms with van der Waals surface area (Å²) in [6.07, 6.45) is 10.5. The van der Waals surface area contributed by atoms with Crippen molar-refractivity contribution in [2.75, 3.05) is 13.1 Å². The van der Waals surface area contributed by atoms with E-state index in [-0.39, 0.29) is 5.91 Å². The fraction of sp³-hybridized carbons (Fsp3) is 0.882. The van der Waals surface area contributed by atoms with Gasteiger partial charge in [0.05, 0.1) is 0 Å². The lowest BCUT2D eigenvalue weighted by Crippen LogP contribution is -2.51. The Bertz CT molecular complexity index is 400. The minimum absolute atomic E-state index is 0.162. The second kappa shape index (κ2) is 6.47. The molecular formula is C17H29N3O2. The topological polar surface area (TPSA) is 84.2 Å². The molecule has 0 radical (unpaired) electrons. The summed E-state index contributed by atoms with van der Waals surface area (Å²) in [5.41, 5.74) is 5.41. The van der Waals surface area contributed by atoms with Crippen molar-refractivity contribution in [1.82, 2.24) is 10.6 Å². The Balaban J connectivity index is 1.36. The average Bonchev–Trinajstić information content (AvgIpc) is 2.43. The van der Waals surface area contributed by atoms with Crippen molar-refractivity contribution in [2.45, 2.75) is 57.8 Å².